The van der Waals surface area contributed by atoms with E-state index in [1.807, 2.05) is 0 Å². The molecule has 8 bridgehead atoms. The molecule has 3 aliphatic rings. The van der Waals surface area contributed by atoms with Crippen LogP contribution in [-0.2, 0) is 55.1 Å². The van der Waals surface area contributed by atoms with Gasteiger partial charge in [-0.2, -0.15) is 0 Å². The SMILES string of the molecule is CCC1=C(C)C2Cc3[nH]c(c(CCC(=O)OC)c3C)/C=C3N=C(/C=c4\[nH]/c(c(C)c4CC)=C\C1=N2)C(C)=C\3CCC(=O)OC.[Co+3]. The second-order valence-electron chi connectivity index (χ2n) is 11.9. The third kappa shape index (κ3) is 6.65. The first-order valence-electron chi connectivity index (χ1n) is 15.6. The van der Waals surface area contributed by atoms with Crippen molar-refractivity contribution < 1.29 is 35.8 Å². The minimum absolute atomic E-state index is 0. The number of rotatable bonds is 8. The molecule has 5 rings (SSSR count). The summed E-state index contributed by atoms with van der Waals surface area (Å²) in [5.41, 5.74) is 14.1. The summed E-state index contributed by atoms with van der Waals surface area (Å²) in [6.07, 6.45) is 10.6. The van der Waals surface area contributed by atoms with Crippen molar-refractivity contribution in [2.45, 2.75) is 92.5 Å². The zero-order chi connectivity index (χ0) is 31.7. The van der Waals surface area contributed by atoms with Crippen LogP contribution in [0.1, 0.15) is 87.0 Å². The summed E-state index contributed by atoms with van der Waals surface area (Å²) in [6.45, 7) is 12.9. The monoisotopic (exact) mass is 655 g/mol. The Morgan fingerprint density at radius 2 is 1.49 bits per heavy atom. The van der Waals surface area contributed by atoms with E-state index in [-0.39, 0.29) is 47.6 Å². The van der Waals surface area contributed by atoms with Crippen molar-refractivity contribution in [3.63, 3.8) is 0 Å². The number of allylic oxidation sites excluding steroid dienone is 3. The molecule has 0 saturated heterocycles. The number of hydrogen-bond donors (Lipinski definition) is 2. The molecule has 1 unspecified atom stereocenters. The Balaban J connectivity index is 0.00000461. The van der Waals surface area contributed by atoms with Crippen molar-refractivity contribution in [1.82, 2.24) is 9.97 Å². The maximum atomic E-state index is 12.2. The largest absolute Gasteiger partial charge is 3.00 e. The molecule has 0 spiro atoms. The topological polar surface area (TPSA) is 109 Å². The fraction of sp³-hybridized carbons (Fsp3) is 0.444. The molecule has 0 amide bonds. The Kier molecular flexibility index (Phi) is 10.8. The van der Waals surface area contributed by atoms with E-state index in [4.69, 9.17) is 19.5 Å². The van der Waals surface area contributed by atoms with Crippen LogP contribution < -0.4 is 10.7 Å². The van der Waals surface area contributed by atoms with Crippen molar-refractivity contribution in [1.29, 1.82) is 0 Å². The van der Waals surface area contributed by atoms with Crippen LogP contribution in [-0.4, -0.2) is 53.6 Å². The normalized spacial score (nSPS) is 19.9. The predicted molar refractivity (Wildman–Crippen MR) is 176 cm³/mol. The average molecular weight is 656 g/mol. The molecule has 9 heteroatoms. The van der Waals surface area contributed by atoms with Gasteiger partial charge in [-0.15, -0.1) is 0 Å². The number of carbonyl (C=O) groups excluding carboxylic acids is 2. The van der Waals surface area contributed by atoms with E-state index in [2.05, 4.69) is 69.7 Å². The molecule has 1 atom stereocenters. The van der Waals surface area contributed by atoms with E-state index in [0.29, 0.717) is 12.8 Å². The zero-order valence-corrected chi connectivity index (χ0v) is 28.7. The van der Waals surface area contributed by atoms with E-state index < -0.39 is 0 Å². The van der Waals surface area contributed by atoms with E-state index in [9.17, 15) is 9.59 Å². The van der Waals surface area contributed by atoms with Crippen LogP contribution >= 0.6 is 0 Å². The van der Waals surface area contributed by atoms with Crippen LogP contribution in [0.3, 0.4) is 0 Å². The minimum atomic E-state index is -0.253. The molecule has 5 heterocycles. The number of aromatic amines is 2. The zero-order valence-electron chi connectivity index (χ0n) is 27.6. The van der Waals surface area contributed by atoms with Gasteiger partial charge in [0.15, 0.2) is 0 Å². The summed E-state index contributed by atoms with van der Waals surface area (Å²) in [7, 11) is 2.84. The molecular formula is C36H44CoN4O4+3. The third-order valence-electron chi connectivity index (χ3n) is 9.50. The van der Waals surface area contributed by atoms with Gasteiger partial charge in [-0.1, -0.05) is 13.8 Å². The van der Waals surface area contributed by atoms with Crippen molar-refractivity contribution in [2.24, 2.45) is 9.98 Å². The molecule has 238 valence electrons. The van der Waals surface area contributed by atoms with Crippen LogP contribution in [0.2, 0.25) is 0 Å². The van der Waals surface area contributed by atoms with Gasteiger partial charge in [0.25, 0.3) is 0 Å². The van der Waals surface area contributed by atoms with E-state index in [1.54, 1.807) is 0 Å². The second-order valence-corrected chi connectivity index (χ2v) is 11.9. The number of H-pyrrole nitrogens is 2. The smallest absolute Gasteiger partial charge is 0.469 e. The molecule has 8 nitrogen and oxygen atoms in total. The molecule has 0 aliphatic carbocycles. The van der Waals surface area contributed by atoms with E-state index in [0.717, 1.165) is 80.7 Å². The van der Waals surface area contributed by atoms with Gasteiger partial charge in [-0.3, -0.25) is 14.6 Å². The van der Waals surface area contributed by atoms with Crippen molar-refractivity contribution >= 4 is 41.6 Å². The molecule has 3 aliphatic heterocycles. The first kappa shape index (κ1) is 34.2. The van der Waals surface area contributed by atoms with Crippen LogP contribution in [0.4, 0.5) is 0 Å². The summed E-state index contributed by atoms with van der Waals surface area (Å²) in [6, 6.07) is 0.0243. The van der Waals surface area contributed by atoms with Gasteiger partial charge in [-0.25, -0.2) is 4.99 Å². The fourth-order valence-electron chi connectivity index (χ4n) is 6.76. The number of methoxy groups -OCH3 is 2. The number of esters is 2. The molecule has 2 aromatic rings. The molecule has 45 heavy (non-hydrogen) atoms. The number of hydrogen-bond acceptors (Lipinski definition) is 6. The molecule has 0 fully saturated rings. The van der Waals surface area contributed by atoms with Crippen LogP contribution in [0.25, 0.3) is 18.2 Å². The average Bonchev–Trinajstić information content (AvgIpc) is 3.67. The predicted octanol–water partition coefficient (Wildman–Crippen LogP) is 5.06. The van der Waals surface area contributed by atoms with E-state index in [1.165, 1.54) is 36.5 Å². The summed E-state index contributed by atoms with van der Waals surface area (Å²) in [5, 5.41) is 2.12. The van der Waals surface area contributed by atoms with Crippen LogP contribution in [0.15, 0.2) is 38.0 Å². The Bertz CT molecular complexity index is 1810. The van der Waals surface area contributed by atoms with Gasteiger partial charge in [0.05, 0.1) is 37.4 Å². The molecule has 0 aromatic carbocycles. The first-order valence-corrected chi connectivity index (χ1v) is 15.6. The fourth-order valence-corrected chi connectivity index (χ4v) is 6.76. The Labute approximate surface area is 275 Å². The molecule has 2 N–H and O–H groups in total. The third-order valence-corrected chi connectivity index (χ3v) is 9.50. The molecule has 2 aromatic heterocycles. The van der Waals surface area contributed by atoms with Gasteiger partial charge < -0.3 is 19.4 Å². The second kappa shape index (κ2) is 14.2. The standard InChI is InChI=1S/C36H44N4O4.Co/c1-9-23-19(3)27-15-28-21(5)25(11-13-35(41)43-7)33(39-28)18-34-26(12-14-36(42)44-8)22(6)30(40-34)17-32-24(10-2)20(4)29(38-32)16-31(23)37-27;/h16-18,27,38-39H,9-15H2,1-8H3;/q;+3/b29-16-,32-17-,34-18-;. The van der Waals surface area contributed by atoms with Gasteiger partial charge in [0.2, 0.25) is 0 Å². The summed E-state index contributed by atoms with van der Waals surface area (Å²) in [5.74, 6) is -0.495. The van der Waals surface area contributed by atoms with Crippen molar-refractivity contribution in [3.05, 3.63) is 72.3 Å². The number of aliphatic imine (C=N–C) groups is 2. The summed E-state index contributed by atoms with van der Waals surface area (Å²) in [4.78, 5) is 42.2. The van der Waals surface area contributed by atoms with Gasteiger partial charge in [-0.05, 0) is 116 Å². The Morgan fingerprint density at radius 3 is 2.13 bits per heavy atom. The summed E-state index contributed by atoms with van der Waals surface area (Å²) >= 11 is 0. The number of fused-ring (bicyclic) bond motifs is 6. The van der Waals surface area contributed by atoms with Crippen LogP contribution in [0.5, 0.6) is 0 Å². The Morgan fingerprint density at radius 1 is 0.822 bits per heavy atom. The number of aromatic nitrogens is 2. The number of ether oxygens (including phenoxy) is 2. The maximum absolute atomic E-state index is 12.2. The summed E-state index contributed by atoms with van der Waals surface area (Å²) < 4.78 is 9.94. The van der Waals surface area contributed by atoms with Crippen molar-refractivity contribution in [3.8, 4) is 0 Å². The number of carbonyl (C=O) groups is 2. The van der Waals surface area contributed by atoms with E-state index >= 15 is 0 Å². The molecule has 0 saturated carbocycles. The van der Waals surface area contributed by atoms with Crippen molar-refractivity contribution in [2.75, 3.05) is 14.2 Å². The first-order chi connectivity index (χ1) is 21.1. The Hall–Kier alpha value is -3.69. The van der Waals surface area contributed by atoms with Gasteiger partial charge in [0, 0.05) is 41.3 Å². The maximum Gasteiger partial charge on any atom is 3.00 e. The molecular weight excluding hydrogens is 611 g/mol. The number of nitrogens with one attached hydrogen (secondary N) is 2. The molecule has 0 radical (unpaired) electrons. The van der Waals surface area contributed by atoms with Crippen LogP contribution in [0, 0.1) is 13.8 Å². The van der Waals surface area contributed by atoms with Gasteiger partial charge in [0.1, 0.15) is 0 Å². The quantitative estimate of drug-likeness (QED) is 0.388. The van der Waals surface area contributed by atoms with Gasteiger partial charge >= 0.3 is 28.7 Å². The minimum Gasteiger partial charge on any atom is -0.469 e. The number of nitrogens with zero attached hydrogens (tertiary/aromatic N) is 2.